The number of carbonyl (C=O) groups excluding carboxylic acids is 1. The first kappa shape index (κ1) is 13.8. The van der Waals surface area contributed by atoms with Crippen molar-refractivity contribution in [1.29, 1.82) is 0 Å². The molecule has 4 heteroatoms. The molecular weight excluding hydrogens is 238 g/mol. The van der Waals surface area contributed by atoms with Crippen LogP contribution in [0.25, 0.3) is 0 Å². The van der Waals surface area contributed by atoms with Crippen LogP contribution >= 0.6 is 11.6 Å². The molecular formula is C13H18ClNO2. The molecule has 1 atom stereocenters. The van der Waals surface area contributed by atoms with E-state index in [1.807, 2.05) is 31.2 Å². The van der Waals surface area contributed by atoms with Crippen molar-refractivity contribution in [3.8, 4) is 5.75 Å². The SMILES string of the molecule is CCCOc1cccc(C(Cl)C(=O)N(C)C)c1. The van der Waals surface area contributed by atoms with Crippen LogP contribution in [0, 0.1) is 0 Å². The second-order valence-corrected chi connectivity index (χ2v) is 4.45. The summed E-state index contributed by atoms with van der Waals surface area (Å²) in [4.78, 5) is 13.2. The van der Waals surface area contributed by atoms with Crippen LogP contribution in [-0.4, -0.2) is 31.5 Å². The van der Waals surface area contributed by atoms with Crippen molar-refractivity contribution >= 4 is 17.5 Å². The molecule has 1 amide bonds. The Bertz CT molecular complexity index is 379. The lowest BCUT2D eigenvalue weighted by Crippen LogP contribution is -2.25. The third kappa shape index (κ3) is 3.93. The van der Waals surface area contributed by atoms with E-state index in [4.69, 9.17) is 16.3 Å². The van der Waals surface area contributed by atoms with Crippen LogP contribution in [-0.2, 0) is 4.79 Å². The summed E-state index contributed by atoms with van der Waals surface area (Å²) in [5.41, 5.74) is 0.763. The molecule has 0 aliphatic heterocycles. The summed E-state index contributed by atoms with van der Waals surface area (Å²) in [7, 11) is 3.38. The Labute approximate surface area is 107 Å². The monoisotopic (exact) mass is 255 g/mol. The number of ether oxygens (including phenoxy) is 1. The van der Waals surface area contributed by atoms with Crippen molar-refractivity contribution in [2.45, 2.75) is 18.7 Å². The van der Waals surface area contributed by atoms with Crippen LogP contribution in [0.1, 0.15) is 24.3 Å². The van der Waals surface area contributed by atoms with Gasteiger partial charge >= 0.3 is 0 Å². The number of alkyl halides is 1. The Hall–Kier alpha value is -1.22. The molecule has 0 saturated carbocycles. The molecule has 0 N–H and O–H groups in total. The van der Waals surface area contributed by atoms with Crippen molar-refractivity contribution in [2.75, 3.05) is 20.7 Å². The number of amides is 1. The Morgan fingerprint density at radius 1 is 1.47 bits per heavy atom. The van der Waals surface area contributed by atoms with E-state index >= 15 is 0 Å². The minimum Gasteiger partial charge on any atom is -0.494 e. The third-order valence-electron chi connectivity index (χ3n) is 2.28. The Balaban J connectivity index is 2.80. The standard InChI is InChI=1S/C13H18ClNO2/c1-4-8-17-11-7-5-6-10(9-11)12(14)13(16)15(2)3/h5-7,9,12H,4,8H2,1-3H3. The maximum Gasteiger partial charge on any atom is 0.244 e. The average Bonchev–Trinajstić information content (AvgIpc) is 2.34. The number of benzene rings is 1. The van der Waals surface area contributed by atoms with Gasteiger partial charge in [-0.2, -0.15) is 0 Å². The predicted octanol–water partition coefficient (Wildman–Crippen LogP) is 2.84. The number of halogens is 1. The molecule has 0 spiro atoms. The summed E-state index contributed by atoms with van der Waals surface area (Å²) in [6.45, 7) is 2.71. The van der Waals surface area contributed by atoms with Gasteiger partial charge in [0.25, 0.3) is 0 Å². The first-order chi connectivity index (χ1) is 8.06. The van der Waals surface area contributed by atoms with Crippen LogP contribution in [0.2, 0.25) is 0 Å². The average molecular weight is 256 g/mol. The van der Waals surface area contributed by atoms with Crippen LogP contribution in [0.15, 0.2) is 24.3 Å². The summed E-state index contributed by atoms with van der Waals surface area (Å²) in [5.74, 6) is 0.626. The van der Waals surface area contributed by atoms with E-state index in [0.717, 1.165) is 17.7 Å². The van der Waals surface area contributed by atoms with Crippen LogP contribution in [0.4, 0.5) is 0 Å². The molecule has 0 radical (unpaired) electrons. The number of nitrogens with zero attached hydrogens (tertiary/aromatic N) is 1. The fraction of sp³-hybridized carbons (Fsp3) is 0.462. The van der Waals surface area contributed by atoms with E-state index in [9.17, 15) is 4.79 Å². The number of rotatable bonds is 5. The maximum atomic E-state index is 11.7. The summed E-state index contributed by atoms with van der Waals surface area (Å²) in [5, 5.41) is -0.657. The lowest BCUT2D eigenvalue weighted by atomic mass is 10.1. The lowest BCUT2D eigenvalue weighted by molar-refractivity contribution is -0.128. The van der Waals surface area contributed by atoms with E-state index in [0.29, 0.717) is 6.61 Å². The minimum atomic E-state index is -0.657. The molecule has 0 aliphatic carbocycles. The molecule has 0 aliphatic rings. The van der Waals surface area contributed by atoms with E-state index < -0.39 is 5.38 Å². The maximum absolute atomic E-state index is 11.7. The van der Waals surface area contributed by atoms with Gasteiger partial charge in [-0.1, -0.05) is 19.1 Å². The highest BCUT2D eigenvalue weighted by molar-refractivity contribution is 6.30. The summed E-state index contributed by atoms with van der Waals surface area (Å²) < 4.78 is 5.50. The topological polar surface area (TPSA) is 29.5 Å². The molecule has 0 fully saturated rings. The van der Waals surface area contributed by atoms with E-state index in [2.05, 4.69) is 0 Å². The molecule has 17 heavy (non-hydrogen) atoms. The molecule has 3 nitrogen and oxygen atoms in total. The Morgan fingerprint density at radius 3 is 2.76 bits per heavy atom. The quantitative estimate of drug-likeness (QED) is 0.758. The van der Waals surface area contributed by atoms with Gasteiger partial charge in [-0.25, -0.2) is 0 Å². The van der Waals surface area contributed by atoms with Gasteiger partial charge in [-0.3, -0.25) is 4.79 Å². The molecule has 0 heterocycles. The highest BCUT2D eigenvalue weighted by atomic mass is 35.5. The molecule has 1 aromatic rings. The third-order valence-corrected chi connectivity index (χ3v) is 2.72. The molecule has 0 bridgehead atoms. The Morgan fingerprint density at radius 2 is 2.18 bits per heavy atom. The fourth-order valence-corrected chi connectivity index (χ4v) is 1.68. The summed E-state index contributed by atoms with van der Waals surface area (Å²) in [6, 6.07) is 7.36. The normalized spacial score (nSPS) is 12.0. The zero-order valence-corrected chi connectivity index (χ0v) is 11.2. The lowest BCUT2D eigenvalue weighted by Gasteiger charge is -2.16. The van der Waals surface area contributed by atoms with Gasteiger partial charge in [-0.15, -0.1) is 11.6 Å². The predicted molar refractivity (Wildman–Crippen MR) is 69.5 cm³/mol. The first-order valence-electron chi connectivity index (χ1n) is 5.64. The van der Waals surface area contributed by atoms with Crippen molar-refractivity contribution in [3.05, 3.63) is 29.8 Å². The van der Waals surface area contributed by atoms with Gasteiger partial charge in [-0.05, 0) is 24.1 Å². The van der Waals surface area contributed by atoms with Crippen molar-refractivity contribution < 1.29 is 9.53 Å². The Kier molecular flexibility index (Phi) is 5.29. The molecule has 1 aromatic carbocycles. The fourth-order valence-electron chi connectivity index (χ4n) is 1.35. The molecule has 0 aromatic heterocycles. The van der Waals surface area contributed by atoms with Gasteiger partial charge in [0.05, 0.1) is 6.61 Å². The van der Waals surface area contributed by atoms with E-state index in [1.165, 1.54) is 4.90 Å². The molecule has 1 rings (SSSR count). The van der Waals surface area contributed by atoms with Crippen LogP contribution < -0.4 is 4.74 Å². The minimum absolute atomic E-state index is 0.126. The summed E-state index contributed by atoms with van der Waals surface area (Å²) in [6.07, 6.45) is 0.950. The molecule has 1 unspecified atom stereocenters. The zero-order valence-electron chi connectivity index (χ0n) is 10.4. The number of hydrogen-bond acceptors (Lipinski definition) is 2. The second-order valence-electron chi connectivity index (χ2n) is 4.02. The largest absolute Gasteiger partial charge is 0.494 e. The van der Waals surface area contributed by atoms with Crippen molar-refractivity contribution in [2.24, 2.45) is 0 Å². The molecule has 94 valence electrons. The number of hydrogen-bond donors (Lipinski definition) is 0. The van der Waals surface area contributed by atoms with Crippen molar-refractivity contribution in [3.63, 3.8) is 0 Å². The van der Waals surface area contributed by atoms with E-state index in [-0.39, 0.29) is 5.91 Å². The van der Waals surface area contributed by atoms with Gasteiger partial charge in [0.2, 0.25) is 5.91 Å². The van der Waals surface area contributed by atoms with Gasteiger partial charge in [0, 0.05) is 14.1 Å². The zero-order chi connectivity index (χ0) is 12.8. The van der Waals surface area contributed by atoms with Crippen molar-refractivity contribution in [1.82, 2.24) is 4.90 Å². The molecule has 0 saturated heterocycles. The number of likely N-dealkylation sites (N-methyl/N-ethyl adjacent to an activating group) is 1. The second kappa shape index (κ2) is 6.50. The highest BCUT2D eigenvalue weighted by Crippen LogP contribution is 2.25. The number of carbonyl (C=O) groups is 1. The first-order valence-corrected chi connectivity index (χ1v) is 6.08. The smallest absolute Gasteiger partial charge is 0.244 e. The van der Waals surface area contributed by atoms with Gasteiger partial charge in [0.15, 0.2) is 0 Å². The highest BCUT2D eigenvalue weighted by Gasteiger charge is 2.19. The van der Waals surface area contributed by atoms with E-state index in [1.54, 1.807) is 14.1 Å². The van der Waals surface area contributed by atoms with Gasteiger partial charge in [0.1, 0.15) is 11.1 Å². The van der Waals surface area contributed by atoms with Crippen LogP contribution in [0.3, 0.4) is 0 Å². The van der Waals surface area contributed by atoms with Crippen LogP contribution in [0.5, 0.6) is 5.75 Å². The van der Waals surface area contributed by atoms with Gasteiger partial charge < -0.3 is 9.64 Å². The summed E-state index contributed by atoms with van der Waals surface area (Å²) >= 11 is 6.11.